The van der Waals surface area contributed by atoms with Gasteiger partial charge in [0, 0.05) is 24.2 Å². The lowest BCUT2D eigenvalue weighted by molar-refractivity contribution is 0.0721. The van der Waals surface area contributed by atoms with Gasteiger partial charge >= 0.3 is 0 Å². The molecular formula is C19H31N3. The molecule has 2 aliphatic carbocycles. The molecule has 122 valence electrons. The Kier molecular flexibility index (Phi) is 4.58. The normalized spacial score (nSPS) is 34.9. The molecule has 0 heterocycles. The van der Waals surface area contributed by atoms with Crippen molar-refractivity contribution in [1.82, 2.24) is 10.2 Å². The second kappa shape index (κ2) is 6.31. The van der Waals surface area contributed by atoms with Crippen LogP contribution >= 0.6 is 0 Å². The third-order valence-electron chi connectivity index (χ3n) is 5.95. The predicted molar refractivity (Wildman–Crippen MR) is 92.8 cm³/mol. The molecule has 0 aliphatic heterocycles. The fourth-order valence-corrected chi connectivity index (χ4v) is 4.54. The van der Waals surface area contributed by atoms with E-state index in [0.29, 0.717) is 11.6 Å². The largest absolute Gasteiger partial charge is 0.324 e. The molecule has 4 atom stereocenters. The zero-order chi connectivity index (χ0) is 15.7. The van der Waals surface area contributed by atoms with E-state index in [1.807, 2.05) is 0 Å². The third kappa shape index (κ3) is 2.94. The smallest absolute Gasteiger partial charge is 0.0342 e. The van der Waals surface area contributed by atoms with E-state index in [2.05, 4.69) is 55.5 Å². The van der Waals surface area contributed by atoms with Crippen molar-refractivity contribution in [3.05, 3.63) is 35.4 Å². The van der Waals surface area contributed by atoms with E-state index in [-0.39, 0.29) is 6.04 Å². The molecule has 2 aliphatic rings. The third-order valence-corrected chi connectivity index (χ3v) is 5.95. The lowest BCUT2D eigenvalue weighted by Gasteiger charge is -2.46. The Balaban J connectivity index is 1.71. The zero-order valence-electron chi connectivity index (χ0n) is 14.3. The van der Waals surface area contributed by atoms with Crippen LogP contribution in [0.15, 0.2) is 24.3 Å². The number of nitrogens with zero attached hydrogens (tertiary/aromatic N) is 1. The van der Waals surface area contributed by atoms with Crippen LogP contribution in [0, 0.1) is 5.92 Å². The second-order valence-corrected chi connectivity index (χ2v) is 7.72. The zero-order valence-corrected chi connectivity index (χ0v) is 14.3. The molecule has 1 saturated carbocycles. The molecule has 3 rings (SSSR count). The molecule has 0 spiro atoms. The van der Waals surface area contributed by atoms with Gasteiger partial charge in [-0.3, -0.25) is 0 Å². The van der Waals surface area contributed by atoms with Crippen molar-refractivity contribution in [2.75, 3.05) is 20.6 Å². The van der Waals surface area contributed by atoms with Crippen LogP contribution in [0.3, 0.4) is 0 Å². The van der Waals surface area contributed by atoms with E-state index in [0.717, 1.165) is 18.9 Å². The lowest BCUT2D eigenvalue weighted by atomic mass is 9.75. The highest BCUT2D eigenvalue weighted by atomic mass is 15.2. The van der Waals surface area contributed by atoms with Gasteiger partial charge in [-0.2, -0.15) is 0 Å². The van der Waals surface area contributed by atoms with Crippen molar-refractivity contribution in [3.63, 3.8) is 0 Å². The fraction of sp³-hybridized carbons (Fsp3) is 0.684. The van der Waals surface area contributed by atoms with Gasteiger partial charge in [0.1, 0.15) is 0 Å². The topological polar surface area (TPSA) is 41.3 Å². The van der Waals surface area contributed by atoms with Gasteiger partial charge in [0.05, 0.1) is 0 Å². The number of nitrogens with two attached hydrogens (primary N) is 1. The highest BCUT2D eigenvalue weighted by Gasteiger charge is 2.38. The standard InChI is InChI=1S/C19H31N3/c1-14-7-6-10-19(12-14,22(2)3)13-21-18-11-17(20)15-8-4-5-9-16(15)18/h4-5,8-9,14,17-18,21H,6-7,10-13,20H2,1-3H3. The minimum atomic E-state index is 0.189. The van der Waals surface area contributed by atoms with Crippen LogP contribution in [-0.2, 0) is 0 Å². The van der Waals surface area contributed by atoms with Gasteiger partial charge in [-0.05, 0) is 50.4 Å². The number of nitrogens with one attached hydrogen (secondary N) is 1. The minimum Gasteiger partial charge on any atom is -0.324 e. The van der Waals surface area contributed by atoms with Gasteiger partial charge in [-0.25, -0.2) is 0 Å². The van der Waals surface area contributed by atoms with Crippen LogP contribution in [0.25, 0.3) is 0 Å². The maximum absolute atomic E-state index is 6.31. The van der Waals surface area contributed by atoms with Gasteiger partial charge in [0.15, 0.2) is 0 Å². The summed E-state index contributed by atoms with van der Waals surface area (Å²) in [4.78, 5) is 2.45. The van der Waals surface area contributed by atoms with E-state index >= 15 is 0 Å². The number of hydrogen-bond acceptors (Lipinski definition) is 3. The average molecular weight is 301 g/mol. The summed E-state index contributed by atoms with van der Waals surface area (Å²) in [5.41, 5.74) is 9.35. The van der Waals surface area contributed by atoms with Gasteiger partial charge in [0.2, 0.25) is 0 Å². The first kappa shape index (κ1) is 16.0. The molecule has 3 N–H and O–H groups in total. The maximum Gasteiger partial charge on any atom is 0.0342 e. The Hall–Kier alpha value is -0.900. The molecular weight excluding hydrogens is 270 g/mol. The quantitative estimate of drug-likeness (QED) is 0.897. The number of likely N-dealkylation sites (N-methyl/N-ethyl adjacent to an activating group) is 1. The van der Waals surface area contributed by atoms with E-state index in [1.165, 1.54) is 36.8 Å². The highest BCUT2D eigenvalue weighted by Crippen LogP contribution is 2.39. The van der Waals surface area contributed by atoms with E-state index in [4.69, 9.17) is 5.73 Å². The SMILES string of the molecule is CC1CCCC(CNC2CC(N)c3ccccc32)(N(C)C)C1. The fourth-order valence-electron chi connectivity index (χ4n) is 4.54. The molecule has 1 aromatic rings. The molecule has 0 radical (unpaired) electrons. The molecule has 3 heteroatoms. The number of rotatable bonds is 4. The van der Waals surface area contributed by atoms with Crippen molar-refractivity contribution < 1.29 is 0 Å². The molecule has 0 aromatic heterocycles. The molecule has 0 amide bonds. The van der Waals surface area contributed by atoms with Crippen molar-refractivity contribution in [2.45, 2.75) is 56.7 Å². The number of hydrogen-bond donors (Lipinski definition) is 2. The lowest BCUT2D eigenvalue weighted by Crippen LogP contribution is -2.54. The first-order chi connectivity index (χ1) is 10.5. The Morgan fingerprint density at radius 2 is 2.00 bits per heavy atom. The monoisotopic (exact) mass is 301 g/mol. The molecule has 3 nitrogen and oxygen atoms in total. The predicted octanol–water partition coefficient (Wildman–Crippen LogP) is 3.23. The summed E-state index contributed by atoms with van der Waals surface area (Å²) in [6, 6.07) is 9.27. The summed E-state index contributed by atoms with van der Waals surface area (Å²) in [5, 5.41) is 3.86. The Morgan fingerprint density at radius 1 is 1.27 bits per heavy atom. The molecule has 0 saturated heterocycles. The Morgan fingerprint density at radius 3 is 2.68 bits per heavy atom. The van der Waals surface area contributed by atoms with Crippen molar-refractivity contribution in [1.29, 1.82) is 0 Å². The van der Waals surface area contributed by atoms with E-state index in [9.17, 15) is 0 Å². The highest BCUT2D eigenvalue weighted by molar-refractivity contribution is 5.37. The van der Waals surface area contributed by atoms with Crippen LogP contribution in [0.1, 0.15) is 62.2 Å². The summed E-state index contributed by atoms with van der Waals surface area (Å²) in [7, 11) is 4.49. The summed E-state index contributed by atoms with van der Waals surface area (Å²) in [5.74, 6) is 0.830. The maximum atomic E-state index is 6.31. The summed E-state index contributed by atoms with van der Waals surface area (Å²) in [6.07, 6.45) is 6.36. The molecule has 4 unspecified atom stereocenters. The molecule has 22 heavy (non-hydrogen) atoms. The average Bonchev–Trinajstić information content (AvgIpc) is 2.82. The Bertz CT molecular complexity index is 513. The van der Waals surface area contributed by atoms with Gasteiger partial charge in [-0.15, -0.1) is 0 Å². The van der Waals surface area contributed by atoms with Crippen LogP contribution in [0.4, 0.5) is 0 Å². The molecule has 1 aromatic carbocycles. The van der Waals surface area contributed by atoms with E-state index in [1.54, 1.807) is 0 Å². The molecule has 1 fully saturated rings. The number of benzene rings is 1. The first-order valence-electron chi connectivity index (χ1n) is 8.77. The number of fused-ring (bicyclic) bond motifs is 1. The van der Waals surface area contributed by atoms with Crippen LogP contribution in [0.5, 0.6) is 0 Å². The van der Waals surface area contributed by atoms with Crippen molar-refractivity contribution in [2.24, 2.45) is 11.7 Å². The Labute approximate surface area is 135 Å². The second-order valence-electron chi connectivity index (χ2n) is 7.72. The van der Waals surface area contributed by atoms with Gasteiger partial charge in [0.25, 0.3) is 0 Å². The van der Waals surface area contributed by atoms with Crippen molar-refractivity contribution >= 4 is 0 Å². The van der Waals surface area contributed by atoms with E-state index < -0.39 is 0 Å². The van der Waals surface area contributed by atoms with Crippen molar-refractivity contribution in [3.8, 4) is 0 Å². The van der Waals surface area contributed by atoms with Crippen LogP contribution < -0.4 is 11.1 Å². The summed E-state index contributed by atoms with van der Waals surface area (Å²) >= 11 is 0. The minimum absolute atomic E-state index is 0.189. The van der Waals surface area contributed by atoms with Crippen LogP contribution in [-0.4, -0.2) is 31.1 Å². The summed E-state index contributed by atoms with van der Waals surface area (Å²) < 4.78 is 0. The van der Waals surface area contributed by atoms with Gasteiger partial charge < -0.3 is 16.0 Å². The molecule has 0 bridgehead atoms. The van der Waals surface area contributed by atoms with Gasteiger partial charge in [-0.1, -0.05) is 44.0 Å². The van der Waals surface area contributed by atoms with Crippen LogP contribution in [0.2, 0.25) is 0 Å². The summed E-state index contributed by atoms with van der Waals surface area (Å²) in [6.45, 7) is 3.47. The first-order valence-corrected chi connectivity index (χ1v) is 8.77.